The summed E-state index contributed by atoms with van der Waals surface area (Å²) in [5, 5.41) is 2.68. The van der Waals surface area contributed by atoms with Crippen LogP contribution < -0.4 is 10.1 Å². The van der Waals surface area contributed by atoms with Gasteiger partial charge in [-0.05, 0) is 32.0 Å². The lowest BCUT2D eigenvalue weighted by Gasteiger charge is -2.20. The van der Waals surface area contributed by atoms with Gasteiger partial charge in [-0.1, -0.05) is 15.9 Å². The molecule has 1 heterocycles. The zero-order valence-electron chi connectivity index (χ0n) is 9.54. The highest BCUT2D eigenvalue weighted by Crippen LogP contribution is 2.31. The third-order valence-corrected chi connectivity index (χ3v) is 2.77. The lowest BCUT2D eigenvalue weighted by molar-refractivity contribution is -0.118. The maximum atomic E-state index is 12.0. The first-order chi connectivity index (χ1) is 7.88. The van der Waals surface area contributed by atoms with E-state index in [1.165, 1.54) is 0 Å². The molecule has 1 aliphatic rings. The summed E-state index contributed by atoms with van der Waals surface area (Å²) < 4.78 is 4.60. The van der Waals surface area contributed by atoms with Gasteiger partial charge in [-0.3, -0.25) is 9.59 Å². The molecule has 5 heteroatoms. The molecule has 0 aromatic heterocycles. The standard InChI is InChI=1S/C12H12BrNO3/c1-12(2,13)11(16)7-3-4-9-8(5-7)14-10(15)6-17-9/h3-5H,6H2,1-2H3,(H,14,15). The molecule has 1 aromatic rings. The molecule has 0 aliphatic carbocycles. The molecule has 17 heavy (non-hydrogen) atoms. The number of anilines is 1. The Balaban J connectivity index is 2.37. The number of amides is 1. The van der Waals surface area contributed by atoms with Gasteiger partial charge in [-0.15, -0.1) is 0 Å². The van der Waals surface area contributed by atoms with Crippen molar-refractivity contribution < 1.29 is 14.3 Å². The number of carbonyl (C=O) groups is 2. The fourth-order valence-corrected chi connectivity index (χ4v) is 1.80. The van der Waals surface area contributed by atoms with Crippen molar-refractivity contribution in [1.82, 2.24) is 0 Å². The van der Waals surface area contributed by atoms with Gasteiger partial charge in [0.25, 0.3) is 5.91 Å². The predicted molar refractivity (Wildman–Crippen MR) is 67.9 cm³/mol. The van der Waals surface area contributed by atoms with Gasteiger partial charge in [0, 0.05) is 5.56 Å². The van der Waals surface area contributed by atoms with E-state index in [0.29, 0.717) is 17.0 Å². The summed E-state index contributed by atoms with van der Waals surface area (Å²) in [6, 6.07) is 5.03. The summed E-state index contributed by atoms with van der Waals surface area (Å²) in [5.74, 6) is 0.342. The monoisotopic (exact) mass is 297 g/mol. The molecule has 2 rings (SSSR count). The van der Waals surface area contributed by atoms with E-state index in [-0.39, 0.29) is 18.3 Å². The first kappa shape index (κ1) is 12.1. The summed E-state index contributed by atoms with van der Waals surface area (Å²) >= 11 is 3.32. The Bertz CT molecular complexity index is 491. The van der Waals surface area contributed by atoms with Crippen LogP contribution in [0, 0.1) is 0 Å². The SMILES string of the molecule is CC(C)(Br)C(=O)c1ccc2c(c1)NC(=O)CO2. The first-order valence-corrected chi connectivity index (χ1v) is 5.97. The molecular weight excluding hydrogens is 286 g/mol. The molecule has 0 radical (unpaired) electrons. The van der Waals surface area contributed by atoms with Crippen molar-refractivity contribution in [3.05, 3.63) is 23.8 Å². The molecule has 0 fully saturated rings. The first-order valence-electron chi connectivity index (χ1n) is 5.18. The summed E-state index contributed by atoms with van der Waals surface area (Å²) in [6.07, 6.45) is 0. The van der Waals surface area contributed by atoms with Gasteiger partial charge in [0.2, 0.25) is 0 Å². The van der Waals surface area contributed by atoms with E-state index >= 15 is 0 Å². The van der Waals surface area contributed by atoms with Crippen LogP contribution in [0.2, 0.25) is 0 Å². The lowest BCUT2D eigenvalue weighted by Crippen LogP contribution is -2.27. The van der Waals surface area contributed by atoms with Crippen molar-refractivity contribution in [2.24, 2.45) is 0 Å². The topological polar surface area (TPSA) is 55.4 Å². The van der Waals surface area contributed by atoms with Gasteiger partial charge in [0.05, 0.1) is 10.0 Å². The van der Waals surface area contributed by atoms with Crippen LogP contribution in [0.4, 0.5) is 5.69 Å². The van der Waals surface area contributed by atoms with Crippen molar-refractivity contribution in [3.63, 3.8) is 0 Å². The Morgan fingerprint density at radius 1 is 1.47 bits per heavy atom. The molecule has 0 unspecified atom stereocenters. The molecule has 0 bridgehead atoms. The van der Waals surface area contributed by atoms with Gasteiger partial charge in [0.1, 0.15) is 5.75 Å². The summed E-state index contributed by atoms with van der Waals surface area (Å²) in [7, 11) is 0. The number of hydrogen-bond donors (Lipinski definition) is 1. The summed E-state index contributed by atoms with van der Waals surface area (Å²) in [6.45, 7) is 3.58. The number of carbonyl (C=O) groups excluding carboxylic acids is 2. The number of halogens is 1. The van der Waals surface area contributed by atoms with Crippen LogP contribution in [0.1, 0.15) is 24.2 Å². The number of alkyl halides is 1. The molecule has 0 saturated heterocycles. The van der Waals surface area contributed by atoms with E-state index in [4.69, 9.17) is 4.74 Å². The molecule has 0 saturated carbocycles. The molecule has 1 amide bonds. The quantitative estimate of drug-likeness (QED) is 0.673. The largest absolute Gasteiger partial charge is 0.482 e. The van der Waals surface area contributed by atoms with Crippen LogP contribution in [0.3, 0.4) is 0 Å². The minimum atomic E-state index is -0.624. The van der Waals surface area contributed by atoms with Crippen LogP contribution in [0.5, 0.6) is 5.75 Å². The minimum Gasteiger partial charge on any atom is -0.482 e. The number of hydrogen-bond acceptors (Lipinski definition) is 3. The number of rotatable bonds is 2. The Morgan fingerprint density at radius 2 is 2.18 bits per heavy atom. The van der Waals surface area contributed by atoms with Gasteiger partial charge in [0.15, 0.2) is 12.4 Å². The number of Topliss-reactive ketones (excluding diaryl/α,β-unsaturated/α-hetero) is 1. The van der Waals surface area contributed by atoms with E-state index in [9.17, 15) is 9.59 Å². The van der Waals surface area contributed by atoms with Crippen molar-refractivity contribution in [3.8, 4) is 5.75 Å². The van der Waals surface area contributed by atoms with Crippen LogP contribution in [-0.2, 0) is 4.79 Å². The Hall–Kier alpha value is -1.36. The fourth-order valence-electron chi connectivity index (χ4n) is 1.57. The Labute approximate surface area is 107 Å². The van der Waals surface area contributed by atoms with E-state index in [2.05, 4.69) is 21.2 Å². The maximum Gasteiger partial charge on any atom is 0.262 e. The van der Waals surface area contributed by atoms with Gasteiger partial charge >= 0.3 is 0 Å². The molecule has 4 nitrogen and oxygen atoms in total. The van der Waals surface area contributed by atoms with Crippen molar-refractivity contribution in [2.45, 2.75) is 18.2 Å². The number of benzene rings is 1. The second-order valence-corrected chi connectivity index (χ2v) is 6.33. The third-order valence-electron chi connectivity index (χ3n) is 2.41. The molecule has 0 atom stereocenters. The zero-order valence-corrected chi connectivity index (χ0v) is 11.1. The predicted octanol–water partition coefficient (Wildman–Crippen LogP) is 2.37. The van der Waals surface area contributed by atoms with Gasteiger partial charge in [-0.25, -0.2) is 0 Å². The van der Waals surface area contributed by atoms with Gasteiger partial charge in [-0.2, -0.15) is 0 Å². The number of ether oxygens (including phenoxy) is 1. The highest BCUT2D eigenvalue weighted by Gasteiger charge is 2.26. The molecule has 0 spiro atoms. The van der Waals surface area contributed by atoms with Crippen LogP contribution in [0.15, 0.2) is 18.2 Å². The average Bonchev–Trinajstić information content (AvgIpc) is 2.25. The highest BCUT2D eigenvalue weighted by molar-refractivity contribution is 9.10. The Kier molecular flexibility index (Phi) is 2.95. The van der Waals surface area contributed by atoms with E-state index < -0.39 is 4.32 Å². The normalized spacial score (nSPS) is 14.6. The molecule has 90 valence electrons. The smallest absolute Gasteiger partial charge is 0.262 e. The minimum absolute atomic E-state index is 0.0181. The molecular formula is C12H12BrNO3. The average molecular weight is 298 g/mol. The Morgan fingerprint density at radius 3 is 2.82 bits per heavy atom. The second kappa shape index (κ2) is 4.14. The van der Waals surface area contributed by atoms with Crippen LogP contribution >= 0.6 is 15.9 Å². The number of fused-ring (bicyclic) bond motifs is 1. The molecule has 1 aromatic carbocycles. The third kappa shape index (κ3) is 2.49. The maximum absolute atomic E-state index is 12.0. The zero-order chi connectivity index (χ0) is 12.6. The molecule has 1 N–H and O–H groups in total. The van der Waals surface area contributed by atoms with E-state index in [1.54, 1.807) is 32.0 Å². The van der Waals surface area contributed by atoms with E-state index in [0.717, 1.165) is 0 Å². The van der Waals surface area contributed by atoms with Crippen molar-refractivity contribution >= 4 is 33.3 Å². The van der Waals surface area contributed by atoms with Gasteiger partial charge < -0.3 is 10.1 Å². The number of nitrogens with one attached hydrogen (secondary N) is 1. The summed E-state index contributed by atoms with van der Waals surface area (Å²) in [5.41, 5.74) is 1.08. The lowest BCUT2D eigenvalue weighted by atomic mass is 10.00. The fraction of sp³-hybridized carbons (Fsp3) is 0.333. The van der Waals surface area contributed by atoms with Crippen LogP contribution in [-0.4, -0.2) is 22.6 Å². The highest BCUT2D eigenvalue weighted by atomic mass is 79.9. The van der Waals surface area contributed by atoms with Crippen molar-refractivity contribution in [2.75, 3.05) is 11.9 Å². The van der Waals surface area contributed by atoms with Crippen LogP contribution in [0.25, 0.3) is 0 Å². The molecule has 1 aliphatic heterocycles. The number of ketones is 1. The second-order valence-electron chi connectivity index (χ2n) is 4.35. The summed E-state index contributed by atoms with van der Waals surface area (Å²) in [4.78, 5) is 23.2. The van der Waals surface area contributed by atoms with E-state index in [1.807, 2.05) is 0 Å². The van der Waals surface area contributed by atoms with Crippen molar-refractivity contribution in [1.29, 1.82) is 0 Å².